The van der Waals surface area contributed by atoms with Gasteiger partial charge < -0.3 is 5.73 Å². The minimum absolute atomic E-state index is 0.210. The molecule has 0 radical (unpaired) electrons. The molecule has 3 rings (SSSR count). The molecule has 0 aliphatic carbocycles. The smallest absolute Gasteiger partial charge is 0.0995 e. The van der Waals surface area contributed by atoms with Crippen LogP contribution in [0.2, 0.25) is 0 Å². The zero-order chi connectivity index (χ0) is 14.1. The van der Waals surface area contributed by atoms with Crippen molar-refractivity contribution in [2.24, 2.45) is 12.8 Å². The Labute approximate surface area is 117 Å². The number of nitrogens with zero attached hydrogens (tertiary/aromatic N) is 4. The predicted octanol–water partition coefficient (Wildman–Crippen LogP) is 1.96. The van der Waals surface area contributed by atoms with Gasteiger partial charge in [-0.15, -0.1) is 0 Å². The molecule has 20 heavy (non-hydrogen) atoms. The summed E-state index contributed by atoms with van der Waals surface area (Å²) in [6, 6.07) is 9.81. The van der Waals surface area contributed by atoms with Crippen LogP contribution in [0.15, 0.2) is 49.1 Å². The van der Waals surface area contributed by atoms with E-state index in [2.05, 4.69) is 10.1 Å². The Morgan fingerprint density at radius 2 is 1.95 bits per heavy atom. The summed E-state index contributed by atoms with van der Waals surface area (Å²) in [6.45, 7) is 1.98. The van der Waals surface area contributed by atoms with Gasteiger partial charge in [0, 0.05) is 13.2 Å². The zero-order valence-electron chi connectivity index (χ0n) is 11.6. The van der Waals surface area contributed by atoms with Crippen LogP contribution in [0.4, 0.5) is 0 Å². The first-order chi connectivity index (χ1) is 9.66. The molecule has 0 saturated carbocycles. The van der Waals surface area contributed by atoms with Crippen LogP contribution in [0.25, 0.3) is 5.69 Å². The van der Waals surface area contributed by atoms with E-state index < -0.39 is 0 Å². The fraction of sp³-hybridized carbons (Fsp3) is 0.200. The summed E-state index contributed by atoms with van der Waals surface area (Å²) in [4.78, 5) is 4.24. The zero-order valence-corrected chi connectivity index (χ0v) is 11.6. The van der Waals surface area contributed by atoms with Crippen molar-refractivity contribution in [1.29, 1.82) is 0 Å². The highest BCUT2D eigenvalue weighted by Gasteiger charge is 2.16. The Bertz CT molecular complexity index is 711. The van der Waals surface area contributed by atoms with Crippen LogP contribution in [0.5, 0.6) is 0 Å². The maximum absolute atomic E-state index is 6.37. The highest BCUT2D eigenvalue weighted by molar-refractivity contribution is 5.38. The lowest BCUT2D eigenvalue weighted by molar-refractivity contribution is 0.756. The summed E-state index contributed by atoms with van der Waals surface area (Å²) in [7, 11) is 1.91. The third-order valence-electron chi connectivity index (χ3n) is 3.39. The van der Waals surface area contributed by atoms with E-state index in [0.717, 1.165) is 22.6 Å². The molecule has 1 atom stereocenters. The standard InChI is InChI=1S/C15H17N5/c1-11-14(9-19(2)18-11)20-10-17-8-13(20)15(16)12-6-4-3-5-7-12/h3-10,15H,16H2,1-2H3. The lowest BCUT2D eigenvalue weighted by Crippen LogP contribution is -2.15. The van der Waals surface area contributed by atoms with E-state index in [4.69, 9.17) is 5.73 Å². The van der Waals surface area contributed by atoms with Gasteiger partial charge in [0.2, 0.25) is 0 Å². The molecule has 0 bridgehead atoms. The Kier molecular flexibility index (Phi) is 3.12. The molecule has 0 saturated heterocycles. The first-order valence-electron chi connectivity index (χ1n) is 6.50. The lowest BCUT2D eigenvalue weighted by atomic mass is 10.1. The van der Waals surface area contributed by atoms with E-state index in [1.807, 2.05) is 61.3 Å². The average molecular weight is 267 g/mol. The minimum atomic E-state index is -0.210. The fourth-order valence-electron chi connectivity index (χ4n) is 2.39. The van der Waals surface area contributed by atoms with E-state index in [0.29, 0.717) is 0 Å². The van der Waals surface area contributed by atoms with Crippen LogP contribution in [-0.2, 0) is 7.05 Å². The number of rotatable bonds is 3. The van der Waals surface area contributed by atoms with E-state index in [9.17, 15) is 0 Å². The highest BCUT2D eigenvalue weighted by Crippen LogP contribution is 2.23. The monoisotopic (exact) mass is 267 g/mol. The molecular weight excluding hydrogens is 250 g/mol. The van der Waals surface area contributed by atoms with Crippen LogP contribution >= 0.6 is 0 Å². The summed E-state index contributed by atoms with van der Waals surface area (Å²) in [5, 5.41) is 4.37. The van der Waals surface area contributed by atoms with Crippen molar-refractivity contribution in [1.82, 2.24) is 19.3 Å². The molecule has 2 heterocycles. The van der Waals surface area contributed by atoms with E-state index in [1.165, 1.54) is 0 Å². The molecule has 0 amide bonds. The van der Waals surface area contributed by atoms with Crippen LogP contribution in [-0.4, -0.2) is 19.3 Å². The number of benzene rings is 1. The number of hydrogen-bond acceptors (Lipinski definition) is 3. The Balaban J connectivity index is 2.05. The van der Waals surface area contributed by atoms with E-state index in [1.54, 1.807) is 11.0 Å². The van der Waals surface area contributed by atoms with Gasteiger partial charge in [0.05, 0.1) is 35.6 Å². The van der Waals surface area contributed by atoms with Gasteiger partial charge in [0.1, 0.15) is 0 Å². The Morgan fingerprint density at radius 1 is 1.20 bits per heavy atom. The molecule has 2 N–H and O–H groups in total. The number of aryl methyl sites for hydroxylation is 2. The molecule has 3 aromatic rings. The van der Waals surface area contributed by atoms with Crippen LogP contribution < -0.4 is 5.73 Å². The number of hydrogen-bond donors (Lipinski definition) is 1. The maximum atomic E-state index is 6.37. The summed E-state index contributed by atoms with van der Waals surface area (Å²) < 4.78 is 3.79. The van der Waals surface area contributed by atoms with Crippen molar-refractivity contribution < 1.29 is 0 Å². The lowest BCUT2D eigenvalue weighted by Gasteiger charge is -2.14. The Morgan fingerprint density at radius 3 is 2.60 bits per heavy atom. The molecule has 1 unspecified atom stereocenters. The average Bonchev–Trinajstić information content (AvgIpc) is 3.05. The fourth-order valence-corrected chi connectivity index (χ4v) is 2.39. The normalized spacial score (nSPS) is 12.6. The second-order valence-electron chi connectivity index (χ2n) is 4.85. The van der Waals surface area contributed by atoms with Crippen molar-refractivity contribution >= 4 is 0 Å². The van der Waals surface area contributed by atoms with Crippen molar-refractivity contribution in [3.05, 3.63) is 66.0 Å². The van der Waals surface area contributed by atoms with Gasteiger partial charge in [0.25, 0.3) is 0 Å². The van der Waals surface area contributed by atoms with Gasteiger partial charge in [-0.3, -0.25) is 9.25 Å². The number of aromatic nitrogens is 4. The van der Waals surface area contributed by atoms with E-state index >= 15 is 0 Å². The molecule has 102 valence electrons. The Hall–Kier alpha value is -2.40. The predicted molar refractivity (Wildman–Crippen MR) is 77.5 cm³/mol. The summed E-state index contributed by atoms with van der Waals surface area (Å²) in [6.07, 6.45) is 5.56. The summed E-state index contributed by atoms with van der Waals surface area (Å²) >= 11 is 0. The van der Waals surface area contributed by atoms with Gasteiger partial charge in [-0.05, 0) is 12.5 Å². The first-order valence-corrected chi connectivity index (χ1v) is 6.50. The SMILES string of the molecule is Cc1nn(C)cc1-n1cncc1C(N)c1ccccc1. The van der Waals surface area contributed by atoms with Gasteiger partial charge in [-0.2, -0.15) is 5.10 Å². The van der Waals surface area contributed by atoms with Crippen LogP contribution in [0.1, 0.15) is 23.0 Å². The summed E-state index contributed by atoms with van der Waals surface area (Å²) in [5.41, 5.74) is 10.3. The topological polar surface area (TPSA) is 61.7 Å². The molecule has 5 heteroatoms. The quantitative estimate of drug-likeness (QED) is 0.789. The van der Waals surface area contributed by atoms with Gasteiger partial charge in [0.15, 0.2) is 0 Å². The van der Waals surface area contributed by atoms with E-state index in [-0.39, 0.29) is 6.04 Å². The van der Waals surface area contributed by atoms with Crippen molar-refractivity contribution in [2.45, 2.75) is 13.0 Å². The molecule has 5 nitrogen and oxygen atoms in total. The second kappa shape index (κ2) is 4.94. The van der Waals surface area contributed by atoms with Crippen molar-refractivity contribution in [3.8, 4) is 5.69 Å². The molecule has 0 aliphatic heterocycles. The molecule has 0 aliphatic rings. The van der Waals surface area contributed by atoms with Gasteiger partial charge in [-0.25, -0.2) is 4.98 Å². The van der Waals surface area contributed by atoms with Crippen molar-refractivity contribution in [2.75, 3.05) is 0 Å². The van der Waals surface area contributed by atoms with Crippen LogP contribution in [0.3, 0.4) is 0 Å². The second-order valence-corrected chi connectivity index (χ2v) is 4.85. The number of nitrogens with two attached hydrogens (primary N) is 1. The maximum Gasteiger partial charge on any atom is 0.0995 e. The molecule has 1 aromatic carbocycles. The third-order valence-corrected chi connectivity index (χ3v) is 3.39. The van der Waals surface area contributed by atoms with Gasteiger partial charge >= 0.3 is 0 Å². The molecule has 2 aromatic heterocycles. The summed E-state index contributed by atoms with van der Waals surface area (Å²) in [5.74, 6) is 0. The molecule has 0 fully saturated rings. The van der Waals surface area contributed by atoms with Gasteiger partial charge in [-0.1, -0.05) is 30.3 Å². The van der Waals surface area contributed by atoms with Crippen LogP contribution in [0, 0.1) is 6.92 Å². The number of imidazole rings is 1. The molecular formula is C15H17N5. The molecule has 0 spiro atoms. The third kappa shape index (κ3) is 2.12. The van der Waals surface area contributed by atoms with Crippen molar-refractivity contribution in [3.63, 3.8) is 0 Å². The largest absolute Gasteiger partial charge is 0.319 e. The first kappa shape index (κ1) is 12.6. The minimum Gasteiger partial charge on any atom is -0.319 e. The highest BCUT2D eigenvalue weighted by atomic mass is 15.3.